The molecule has 1 aromatic rings. The van der Waals surface area contributed by atoms with Gasteiger partial charge >= 0.3 is 5.97 Å². The summed E-state index contributed by atoms with van der Waals surface area (Å²) in [5.74, 6) is 0.379. The van der Waals surface area contributed by atoms with E-state index in [4.69, 9.17) is 15.2 Å². The third-order valence-electron chi connectivity index (χ3n) is 2.55. The van der Waals surface area contributed by atoms with Crippen molar-refractivity contribution < 1.29 is 14.3 Å². The van der Waals surface area contributed by atoms with Crippen LogP contribution in [-0.2, 0) is 9.53 Å². The number of cyclic esters (lactones) is 1. The maximum Gasteiger partial charge on any atom is 0.347 e. The zero-order valence-electron chi connectivity index (χ0n) is 9.18. The zero-order chi connectivity index (χ0) is 11.5. The zero-order valence-corrected chi connectivity index (χ0v) is 9.18. The Morgan fingerprint density at radius 3 is 3.00 bits per heavy atom. The number of ether oxygens (including phenoxy) is 2. The molecule has 4 heteroatoms. The predicted molar refractivity (Wildman–Crippen MR) is 59.0 cm³/mol. The Labute approximate surface area is 94.3 Å². The van der Waals surface area contributed by atoms with Crippen molar-refractivity contribution in [3.05, 3.63) is 29.8 Å². The van der Waals surface area contributed by atoms with E-state index in [2.05, 4.69) is 0 Å². The van der Waals surface area contributed by atoms with Crippen LogP contribution in [0.3, 0.4) is 0 Å². The lowest BCUT2D eigenvalue weighted by Gasteiger charge is -2.12. The topological polar surface area (TPSA) is 61.6 Å². The lowest BCUT2D eigenvalue weighted by atomic mass is 10.1. The monoisotopic (exact) mass is 221 g/mol. The Morgan fingerprint density at radius 1 is 1.56 bits per heavy atom. The Morgan fingerprint density at radius 2 is 2.38 bits per heavy atom. The molecule has 1 saturated heterocycles. The van der Waals surface area contributed by atoms with Gasteiger partial charge in [0.25, 0.3) is 0 Å². The number of rotatable bonds is 3. The number of benzene rings is 1. The van der Waals surface area contributed by atoms with Gasteiger partial charge in [-0.15, -0.1) is 0 Å². The van der Waals surface area contributed by atoms with E-state index in [1.54, 1.807) is 0 Å². The highest BCUT2D eigenvalue weighted by atomic mass is 16.6. The molecule has 0 spiro atoms. The van der Waals surface area contributed by atoms with Crippen LogP contribution in [0.5, 0.6) is 5.75 Å². The fourth-order valence-corrected chi connectivity index (χ4v) is 1.62. The predicted octanol–water partition coefficient (Wildman–Crippen LogP) is 1.40. The molecular weight excluding hydrogens is 206 g/mol. The van der Waals surface area contributed by atoms with Gasteiger partial charge in [-0.05, 0) is 24.6 Å². The van der Waals surface area contributed by atoms with E-state index >= 15 is 0 Å². The number of carbonyl (C=O) groups excluding carboxylic acids is 1. The molecule has 1 aliphatic heterocycles. The van der Waals surface area contributed by atoms with Crippen LogP contribution >= 0.6 is 0 Å². The van der Waals surface area contributed by atoms with Gasteiger partial charge < -0.3 is 15.2 Å². The van der Waals surface area contributed by atoms with Crippen LogP contribution < -0.4 is 10.5 Å². The van der Waals surface area contributed by atoms with Crippen molar-refractivity contribution in [1.82, 2.24) is 0 Å². The van der Waals surface area contributed by atoms with E-state index in [0.29, 0.717) is 18.8 Å². The summed E-state index contributed by atoms with van der Waals surface area (Å²) in [6.07, 6.45) is 0.143. The fraction of sp³-hybridized carbons (Fsp3) is 0.417. The van der Waals surface area contributed by atoms with Crippen molar-refractivity contribution >= 4 is 5.97 Å². The average Bonchev–Trinajstić information content (AvgIpc) is 2.65. The first-order valence-electron chi connectivity index (χ1n) is 5.35. The number of esters is 1. The summed E-state index contributed by atoms with van der Waals surface area (Å²) in [7, 11) is 0. The molecule has 0 bridgehead atoms. The molecule has 86 valence electrons. The number of carbonyl (C=O) groups is 1. The summed E-state index contributed by atoms with van der Waals surface area (Å²) in [5, 5.41) is 0. The maximum absolute atomic E-state index is 11.2. The standard InChI is InChI=1S/C12H15NO3/c1-8(13)9-3-2-4-10(7-9)16-11-5-6-15-12(11)14/h2-4,7-8,11H,5-6,13H2,1H3. The molecule has 2 unspecified atom stereocenters. The van der Waals surface area contributed by atoms with E-state index in [1.807, 2.05) is 31.2 Å². The van der Waals surface area contributed by atoms with E-state index < -0.39 is 6.10 Å². The summed E-state index contributed by atoms with van der Waals surface area (Å²) >= 11 is 0. The first-order chi connectivity index (χ1) is 7.66. The first-order valence-corrected chi connectivity index (χ1v) is 5.35. The molecule has 1 fully saturated rings. The van der Waals surface area contributed by atoms with Gasteiger partial charge in [-0.2, -0.15) is 0 Å². The molecule has 1 aromatic carbocycles. The summed E-state index contributed by atoms with van der Waals surface area (Å²) in [4.78, 5) is 11.2. The summed E-state index contributed by atoms with van der Waals surface area (Å²) in [5.41, 5.74) is 6.76. The Balaban J connectivity index is 2.09. The SMILES string of the molecule is CC(N)c1cccc(OC2CCOC2=O)c1. The molecule has 1 aliphatic rings. The van der Waals surface area contributed by atoms with Gasteiger partial charge in [-0.1, -0.05) is 12.1 Å². The third-order valence-corrected chi connectivity index (χ3v) is 2.55. The summed E-state index contributed by atoms with van der Waals surface area (Å²) in [6.45, 7) is 2.35. The molecule has 16 heavy (non-hydrogen) atoms. The van der Waals surface area contributed by atoms with Crippen molar-refractivity contribution in [2.75, 3.05) is 6.61 Å². The molecule has 2 rings (SSSR count). The highest BCUT2D eigenvalue weighted by Crippen LogP contribution is 2.21. The number of hydrogen-bond donors (Lipinski definition) is 1. The van der Waals surface area contributed by atoms with Crippen LogP contribution in [0.25, 0.3) is 0 Å². The highest BCUT2D eigenvalue weighted by Gasteiger charge is 2.28. The Kier molecular flexibility index (Phi) is 3.10. The summed E-state index contributed by atoms with van der Waals surface area (Å²) in [6, 6.07) is 7.44. The van der Waals surface area contributed by atoms with E-state index in [-0.39, 0.29) is 12.0 Å². The third kappa shape index (κ3) is 2.33. The molecule has 0 radical (unpaired) electrons. The van der Waals surface area contributed by atoms with Crippen LogP contribution in [0, 0.1) is 0 Å². The summed E-state index contributed by atoms with van der Waals surface area (Å²) < 4.78 is 10.4. The number of nitrogens with two attached hydrogens (primary N) is 1. The molecular formula is C12H15NO3. The molecule has 0 aliphatic carbocycles. The van der Waals surface area contributed by atoms with Crippen molar-refractivity contribution in [3.8, 4) is 5.75 Å². The van der Waals surface area contributed by atoms with Crippen molar-refractivity contribution in [2.24, 2.45) is 5.73 Å². The van der Waals surface area contributed by atoms with Gasteiger partial charge in [-0.25, -0.2) is 4.79 Å². The van der Waals surface area contributed by atoms with Crippen LogP contribution in [0.15, 0.2) is 24.3 Å². The van der Waals surface area contributed by atoms with Gasteiger partial charge in [0.1, 0.15) is 5.75 Å². The van der Waals surface area contributed by atoms with Gasteiger partial charge in [0.05, 0.1) is 6.61 Å². The molecule has 0 amide bonds. The number of hydrogen-bond acceptors (Lipinski definition) is 4. The molecule has 0 saturated carbocycles. The second-order valence-corrected chi connectivity index (χ2v) is 3.92. The van der Waals surface area contributed by atoms with Gasteiger partial charge in [0.2, 0.25) is 0 Å². The molecule has 1 heterocycles. The normalized spacial score (nSPS) is 21.6. The van der Waals surface area contributed by atoms with Gasteiger partial charge in [-0.3, -0.25) is 0 Å². The largest absolute Gasteiger partial charge is 0.479 e. The van der Waals surface area contributed by atoms with Gasteiger partial charge in [0, 0.05) is 12.5 Å². The van der Waals surface area contributed by atoms with Crippen LogP contribution in [0.1, 0.15) is 24.9 Å². The molecule has 4 nitrogen and oxygen atoms in total. The van der Waals surface area contributed by atoms with Crippen LogP contribution in [0.4, 0.5) is 0 Å². The highest BCUT2D eigenvalue weighted by molar-refractivity contribution is 5.76. The van der Waals surface area contributed by atoms with Crippen LogP contribution in [0.2, 0.25) is 0 Å². The second-order valence-electron chi connectivity index (χ2n) is 3.92. The quantitative estimate of drug-likeness (QED) is 0.784. The minimum Gasteiger partial charge on any atom is -0.479 e. The lowest BCUT2D eigenvalue weighted by Crippen LogP contribution is -2.21. The van der Waals surface area contributed by atoms with E-state index in [9.17, 15) is 4.79 Å². The first kappa shape index (κ1) is 11.0. The maximum atomic E-state index is 11.2. The minimum absolute atomic E-state index is 0.0425. The van der Waals surface area contributed by atoms with Crippen molar-refractivity contribution in [2.45, 2.75) is 25.5 Å². The van der Waals surface area contributed by atoms with Crippen molar-refractivity contribution in [3.63, 3.8) is 0 Å². The van der Waals surface area contributed by atoms with E-state index in [1.165, 1.54) is 0 Å². The Bertz CT molecular complexity index is 390. The fourth-order valence-electron chi connectivity index (χ4n) is 1.62. The second kappa shape index (κ2) is 4.53. The van der Waals surface area contributed by atoms with E-state index in [0.717, 1.165) is 5.56 Å². The molecule has 0 aromatic heterocycles. The average molecular weight is 221 g/mol. The minimum atomic E-state index is -0.469. The van der Waals surface area contributed by atoms with Crippen LogP contribution in [-0.4, -0.2) is 18.7 Å². The van der Waals surface area contributed by atoms with Crippen molar-refractivity contribution in [1.29, 1.82) is 0 Å². The Hall–Kier alpha value is -1.55. The molecule has 2 atom stereocenters. The van der Waals surface area contributed by atoms with Gasteiger partial charge in [0.15, 0.2) is 6.10 Å². The molecule has 2 N–H and O–H groups in total. The lowest BCUT2D eigenvalue weighted by molar-refractivity contribution is -0.143. The smallest absolute Gasteiger partial charge is 0.347 e.